The minimum absolute atomic E-state index is 0.00625. The molecule has 1 atom stereocenters. The quantitative estimate of drug-likeness (QED) is 0.578. The first kappa shape index (κ1) is 19.9. The van der Waals surface area contributed by atoms with Crippen LogP contribution >= 0.6 is 0 Å². The van der Waals surface area contributed by atoms with Crippen LogP contribution < -0.4 is 0 Å². The highest BCUT2D eigenvalue weighted by Crippen LogP contribution is 2.47. The van der Waals surface area contributed by atoms with Crippen LogP contribution in [0.4, 0.5) is 0 Å². The highest BCUT2D eigenvalue weighted by Gasteiger charge is 2.54. The van der Waals surface area contributed by atoms with Crippen molar-refractivity contribution in [1.82, 2.24) is 0 Å². The van der Waals surface area contributed by atoms with Gasteiger partial charge in [-0.1, -0.05) is 37.8 Å². The lowest BCUT2D eigenvalue weighted by Gasteiger charge is -2.37. The van der Waals surface area contributed by atoms with Crippen molar-refractivity contribution in [3.8, 4) is 0 Å². The van der Waals surface area contributed by atoms with Crippen LogP contribution in [0.5, 0.6) is 0 Å². The van der Waals surface area contributed by atoms with Crippen LogP contribution in [-0.2, 0) is 28.9 Å². The molecule has 1 aliphatic rings. The van der Waals surface area contributed by atoms with Crippen molar-refractivity contribution in [3.05, 3.63) is 53.5 Å². The Balaban J connectivity index is 2.71. The van der Waals surface area contributed by atoms with E-state index in [9.17, 15) is 18.0 Å². The van der Waals surface area contributed by atoms with Gasteiger partial charge < -0.3 is 9.47 Å². The molecule has 0 aromatic heterocycles. The molecule has 1 unspecified atom stereocenters. The summed E-state index contributed by atoms with van der Waals surface area (Å²) in [4.78, 5) is 25.0. The number of ether oxygens (including phenoxy) is 2. The topological polar surface area (TPSA) is 86.7 Å². The van der Waals surface area contributed by atoms with Crippen molar-refractivity contribution in [2.45, 2.75) is 24.7 Å². The van der Waals surface area contributed by atoms with E-state index in [-0.39, 0.29) is 22.6 Å². The Labute approximate surface area is 153 Å². The Morgan fingerprint density at radius 3 is 2.15 bits per heavy atom. The van der Waals surface area contributed by atoms with Gasteiger partial charge in [-0.3, -0.25) is 9.59 Å². The van der Waals surface area contributed by atoms with Gasteiger partial charge in [0.25, 0.3) is 0 Å². The number of carbonyl (C=O) groups is 2. The van der Waals surface area contributed by atoms with E-state index in [1.807, 2.05) is 0 Å². The third kappa shape index (κ3) is 3.19. The predicted molar refractivity (Wildman–Crippen MR) is 95.7 cm³/mol. The van der Waals surface area contributed by atoms with E-state index < -0.39 is 33.1 Å². The van der Waals surface area contributed by atoms with Crippen LogP contribution in [0.25, 0.3) is 0 Å². The smallest absolute Gasteiger partial charge is 0.323 e. The number of hydrogen-bond donors (Lipinski definition) is 0. The van der Waals surface area contributed by atoms with E-state index in [2.05, 4.69) is 6.58 Å². The van der Waals surface area contributed by atoms with Gasteiger partial charge in [0, 0.05) is 6.42 Å². The fourth-order valence-electron chi connectivity index (χ4n) is 3.45. The number of allylic oxidation sites excluding steroid dienone is 3. The number of sulfone groups is 1. The van der Waals surface area contributed by atoms with Gasteiger partial charge >= 0.3 is 11.9 Å². The standard InChI is InChI=1S/C19H22O6S/c1-5-15-13(2)11-19(17(20)24-3,18(21)25-4)12-16(15)26(22,23)14-9-7-6-8-10-14/h5-10,13H,1,11-12H2,2-4H3. The molecule has 0 saturated heterocycles. The summed E-state index contributed by atoms with van der Waals surface area (Å²) < 4.78 is 36.0. The molecule has 0 N–H and O–H groups in total. The van der Waals surface area contributed by atoms with Crippen LogP contribution in [-0.4, -0.2) is 34.6 Å². The van der Waals surface area contributed by atoms with Crippen molar-refractivity contribution in [1.29, 1.82) is 0 Å². The Bertz CT molecular complexity index is 835. The van der Waals surface area contributed by atoms with Gasteiger partial charge in [-0.2, -0.15) is 0 Å². The van der Waals surface area contributed by atoms with Gasteiger partial charge in [0.05, 0.1) is 24.0 Å². The molecule has 2 rings (SSSR count). The number of carbonyl (C=O) groups excluding carboxylic acids is 2. The van der Waals surface area contributed by atoms with Crippen LogP contribution in [0.3, 0.4) is 0 Å². The van der Waals surface area contributed by atoms with E-state index in [1.165, 1.54) is 18.2 Å². The zero-order valence-corrected chi connectivity index (χ0v) is 15.8. The number of hydrogen-bond acceptors (Lipinski definition) is 6. The maximum absolute atomic E-state index is 13.2. The van der Waals surface area contributed by atoms with E-state index in [1.54, 1.807) is 25.1 Å². The molecule has 0 spiro atoms. The van der Waals surface area contributed by atoms with Crippen LogP contribution in [0.1, 0.15) is 19.8 Å². The van der Waals surface area contributed by atoms with Crippen molar-refractivity contribution in [3.63, 3.8) is 0 Å². The maximum atomic E-state index is 13.2. The SMILES string of the molecule is C=CC1=C(S(=O)(=O)c2ccccc2)CC(C(=O)OC)(C(=O)OC)CC1C. The van der Waals surface area contributed by atoms with E-state index in [0.717, 1.165) is 14.2 Å². The molecule has 0 fully saturated rings. The fraction of sp³-hybridized carbons (Fsp3) is 0.368. The van der Waals surface area contributed by atoms with Crippen molar-refractivity contribution >= 4 is 21.8 Å². The van der Waals surface area contributed by atoms with Gasteiger partial charge in [-0.15, -0.1) is 0 Å². The van der Waals surface area contributed by atoms with Crippen molar-refractivity contribution in [2.24, 2.45) is 11.3 Å². The molecular weight excluding hydrogens is 356 g/mol. The van der Waals surface area contributed by atoms with E-state index in [4.69, 9.17) is 9.47 Å². The van der Waals surface area contributed by atoms with Crippen LogP contribution in [0.15, 0.2) is 58.4 Å². The summed E-state index contributed by atoms with van der Waals surface area (Å²) in [6.45, 7) is 5.46. The molecule has 26 heavy (non-hydrogen) atoms. The van der Waals surface area contributed by atoms with Gasteiger partial charge in [0.2, 0.25) is 9.84 Å². The molecule has 140 valence electrons. The average molecular weight is 378 g/mol. The number of esters is 2. The monoisotopic (exact) mass is 378 g/mol. The van der Waals surface area contributed by atoms with E-state index in [0.29, 0.717) is 5.57 Å². The third-order valence-electron chi connectivity index (χ3n) is 4.72. The van der Waals surface area contributed by atoms with Crippen molar-refractivity contribution in [2.75, 3.05) is 14.2 Å². The lowest BCUT2D eigenvalue weighted by Crippen LogP contribution is -2.46. The molecule has 0 radical (unpaired) electrons. The maximum Gasteiger partial charge on any atom is 0.323 e. The second-order valence-electron chi connectivity index (χ2n) is 6.25. The fourth-order valence-corrected chi connectivity index (χ4v) is 5.28. The molecule has 0 bridgehead atoms. The molecule has 0 saturated carbocycles. The first-order valence-electron chi connectivity index (χ1n) is 8.07. The van der Waals surface area contributed by atoms with Gasteiger partial charge in [-0.05, 0) is 30.0 Å². The first-order valence-corrected chi connectivity index (χ1v) is 9.55. The summed E-state index contributed by atoms with van der Waals surface area (Å²) in [7, 11) is -1.59. The summed E-state index contributed by atoms with van der Waals surface area (Å²) in [6, 6.07) is 7.88. The van der Waals surface area contributed by atoms with Gasteiger partial charge in [0.15, 0.2) is 5.41 Å². The lowest BCUT2D eigenvalue weighted by atomic mass is 9.70. The number of rotatable bonds is 5. The normalized spacial score (nSPS) is 19.6. The predicted octanol–water partition coefficient (Wildman–Crippen LogP) is 2.66. The summed E-state index contributed by atoms with van der Waals surface area (Å²) in [5, 5.41) is 0. The highest BCUT2D eigenvalue weighted by molar-refractivity contribution is 7.95. The number of benzene rings is 1. The zero-order valence-electron chi connectivity index (χ0n) is 15.0. The first-order chi connectivity index (χ1) is 12.2. The molecular formula is C19H22O6S. The molecule has 0 heterocycles. The number of methoxy groups -OCH3 is 2. The van der Waals surface area contributed by atoms with Gasteiger partial charge in [-0.25, -0.2) is 8.42 Å². The summed E-state index contributed by atoms with van der Waals surface area (Å²) in [6.07, 6.45) is 1.23. The molecule has 0 amide bonds. The molecule has 1 aliphatic carbocycles. The summed E-state index contributed by atoms with van der Waals surface area (Å²) in [5.41, 5.74) is -1.20. The van der Waals surface area contributed by atoms with Gasteiger partial charge in [0.1, 0.15) is 0 Å². The third-order valence-corrected chi connectivity index (χ3v) is 6.64. The summed E-state index contributed by atoms with van der Waals surface area (Å²) in [5.74, 6) is -2.01. The Morgan fingerprint density at radius 1 is 1.15 bits per heavy atom. The van der Waals surface area contributed by atoms with Crippen LogP contribution in [0, 0.1) is 11.3 Å². The Kier molecular flexibility index (Phi) is 5.71. The minimum Gasteiger partial charge on any atom is -0.468 e. The average Bonchev–Trinajstić information content (AvgIpc) is 2.66. The molecule has 7 heteroatoms. The Hall–Kier alpha value is -2.41. The van der Waals surface area contributed by atoms with Crippen LogP contribution in [0.2, 0.25) is 0 Å². The lowest BCUT2D eigenvalue weighted by molar-refractivity contribution is -0.170. The second kappa shape index (κ2) is 7.45. The summed E-state index contributed by atoms with van der Waals surface area (Å²) >= 11 is 0. The van der Waals surface area contributed by atoms with E-state index >= 15 is 0 Å². The van der Waals surface area contributed by atoms with Crippen molar-refractivity contribution < 1.29 is 27.5 Å². The molecule has 6 nitrogen and oxygen atoms in total. The minimum atomic E-state index is -3.92. The largest absolute Gasteiger partial charge is 0.468 e. The second-order valence-corrected chi connectivity index (χ2v) is 8.22. The zero-order chi connectivity index (χ0) is 19.5. The Morgan fingerprint density at radius 2 is 1.69 bits per heavy atom. The molecule has 0 aliphatic heterocycles. The molecule has 1 aromatic rings. The molecule has 1 aromatic carbocycles. The highest BCUT2D eigenvalue weighted by atomic mass is 32.2.